The molecule has 2 atom stereocenters. The van der Waals surface area contributed by atoms with Crippen LogP contribution in [0.15, 0.2) is 54.9 Å². The number of hydrogen-bond acceptors (Lipinski definition) is 4. The molecule has 1 saturated heterocycles. The van der Waals surface area contributed by atoms with Gasteiger partial charge in [-0.1, -0.05) is 12.1 Å². The summed E-state index contributed by atoms with van der Waals surface area (Å²) in [5, 5.41) is 3.11. The van der Waals surface area contributed by atoms with Crippen LogP contribution in [-0.4, -0.2) is 57.7 Å². The molecule has 30 heavy (non-hydrogen) atoms. The van der Waals surface area contributed by atoms with Gasteiger partial charge in [0.15, 0.2) is 0 Å². The highest BCUT2D eigenvalue weighted by atomic mass is 16.5. The Morgan fingerprint density at radius 1 is 1.10 bits per heavy atom. The first-order chi connectivity index (χ1) is 14.3. The van der Waals surface area contributed by atoms with E-state index in [9.17, 15) is 4.79 Å². The van der Waals surface area contributed by atoms with Gasteiger partial charge in [0.25, 0.3) is 5.91 Å². The number of carbonyl (C=O) groups is 1. The summed E-state index contributed by atoms with van der Waals surface area (Å²) in [7, 11) is 0. The van der Waals surface area contributed by atoms with Crippen LogP contribution < -0.4 is 5.32 Å². The standard InChI is InChI=1S/C24H30N4O2/c1-17-13-27(14-18(2)30-17)24(3,4)15-25-23(29)19-9-11-20(12-10-19)28-16-26-21-7-5-6-8-22(21)28/h5-12,16-18H,13-15H2,1-4H3,(H,25,29)/t17-,18-/m0/s1. The highest BCUT2D eigenvalue weighted by Crippen LogP contribution is 2.21. The number of nitrogens with one attached hydrogen (secondary N) is 1. The molecule has 1 fully saturated rings. The van der Waals surface area contributed by atoms with Gasteiger partial charge in [-0.05, 0) is 64.1 Å². The van der Waals surface area contributed by atoms with Gasteiger partial charge < -0.3 is 10.1 Å². The summed E-state index contributed by atoms with van der Waals surface area (Å²) >= 11 is 0. The van der Waals surface area contributed by atoms with Crippen molar-refractivity contribution in [3.8, 4) is 5.69 Å². The summed E-state index contributed by atoms with van der Waals surface area (Å²) in [5.74, 6) is -0.0560. The Hall–Kier alpha value is -2.70. The van der Waals surface area contributed by atoms with E-state index in [0.717, 1.165) is 29.8 Å². The maximum Gasteiger partial charge on any atom is 0.251 e. The first kappa shape index (κ1) is 20.6. The van der Waals surface area contributed by atoms with Crippen LogP contribution >= 0.6 is 0 Å². The fraction of sp³-hybridized carbons (Fsp3) is 0.417. The second-order valence-electron chi connectivity index (χ2n) is 8.81. The smallest absolute Gasteiger partial charge is 0.251 e. The number of hydrogen-bond donors (Lipinski definition) is 1. The zero-order valence-electron chi connectivity index (χ0n) is 18.1. The molecule has 2 aromatic carbocycles. The van der Waals surface area contributed by atoms with E-state index in [0.29, 0.717) is 12.1 Å². The number of carbonyl (C=O) groups excluding carboxylic acids is 1. The fourth-order valence-corrected chi connectivity index (χ4v) is 4.12. The minimum absolute atomic E-state index is 0.0560. The van der Waals surface area contributed by atoms with Gasteiger partial charge in [0.05, 0.1) is 23.2 Å². The number of aromatic nitrogens is 2. The summed E-state index contributed by atoms with van der Waals surface area (Å²) in [6, 6.07) is 15.7. The van der Waals surface area contributed by atoms with Gasteiger partial charge in [-0.25, -0.2) is 4.98 Å². The number of fused-ring (bicyclic) bond motifs is 1. The molecule has 0 unspecified atom stereocenters. The summed E-state index contributed by atoms with van der Waals surface area (Å²) in [5.41, 5.74) is 3.50. The van der Waals surface area contributed by atoms with Crippen molar-refractivity contribution in [3.63, 3.8) is 0 Å². The normalized spacial score (nSPS) is 20.4. The number of imidazole rings is 1. The number of morpholine rings is 1. The van der Waals surface area contributed by atoms with Crippen LogP contribution in [0.4, 0.5) is 0 Å². The first-order valence-electron chi connectivity index (χ1n) is 10.5. The van der Waals surface area contributed by atoms with Crippen LogP contribution in [0, 0.1) is 0 Å². The highest BCUT2D eigenvalue weighted by Gasteiger charge is 2.33. The van der Waals surface area contributed by atoms with E-state index >= 15 is 0 Å². The van der Waals surface area contributed by atoms with Crippen LogP contribution in [0.1, 0.15) is 38.1 Å². The average Bonchev–Trinajstić information content (AvgIpc) is 3.16. The van der Waals surface area contributed by atoms with Crippen LogP contribution in [0.5, 0.6) is 0 Å². The summed E-state index contributed by atoms with van der Waals surface area (Å²) < 4.78 is 7.87. The van der Waals surface area contributed by atoms with E-state index in [1.165, 1.54) is 0 Å². The van der Waals surface area contributed by atoms with Gasteiger partial charge in [-0.3, -0.25) is 14.3 Å². The van der Waals surface area contributed by atoms with E-state index in [-0.39, 0.29) is 23.7 Å². The predicted molar refractivity (Wildman–Crippen MR) is 119 cm³/mol. The highest BCUT2D eigenvalue weighted by molar-refractivity contribution is 5.94. The quantitative estimate of drug-likeness (QED) is 0.703. The maximum atomic E-state index is 12.7. The van der Waals surface area contributed by atoms with Gasteiger partial charge in [0.1, 0.15) is 6.33 Å². The summed E-state index contributed by atoms with van der Waals surface area (Å²) in [6.45, 7) is 10.9. The van der Waals surface area contributed by atoms with E-state index in [1.54, 1.807) is 0 Å². The fourth-order valence-electron chi connectivity index (χ4n) is 4.12. The molecule has 0 saturated carbocycles. The van der Waals surface area contributed by atoms with Crippen molar-refractivity contribution in [1.29, 1.82) is 0 Å². The molecule has 0 spiro atoms. The molecular formula is C24H30N4O2. The Kier molecular flexibility index (Phi) is 5.62. The lowest BCUT2D eigenvalue weighted by atomic mass is 10.00. The number of para-hydroxylation sites is 2. The number of rotatable bonds is 5. The summed E-state index contributed by atoms with van der Waals surface area (Å²) in [6.07, 6.45) is 2.22. The minimum atomic E-state index is -0.141. The largest absolute Gasteiger partial charge is 0.373 e. The molecule has 1 aliphatic rings. The molecule has 1 amide bonds. The number of nitrogens with zero attached hydrogens (tertiary/aromatic N) is 3. The molecule has 1 aromatic heterocycles. The van der Waals surface area contributed by atoms with E-state index < -0.39 is 0 Å². The van der Waals surface area contributed by atoms with Crippen molar-refractivity contribution in [1.82, 2.24) is 19.8 Å². The number of ether oxygens (including phenoxy) is 1. The Morgan fingerprint density at radius 3 is 2.47 bits per heavy atom. The van der Waals surface area contributed by atoms with E-state index in [1.807, 2.05) is 59.4 Å². The van der Waals surface area contributed by atoms with Crippen LogP contribution in [0.25, 0.3) is 16.7 Å². The Morgan fingerprint density at radius 2 is 1.77 bits per heavy atom. The van der Waals surface area contributed by atoms with Gasteiger partial charge in [-0.15, -0.1) is 0 Å². The molecule has 0 bridgehead atoms. The molecule has 6 heteroatoms. The van der Waals surface area contributed by atoms with Gasteiger partial charge in [0.2, 0.25) is 0 Å². The van der Waals surface area contributed by atoms with E-state index in [4.69, 9.17) is 4.74 Å². The van der Waals surface area contributed by atoms with Gasteiger partial charge in [0, 0.05) is 36.4 Å². The van der Waals surface area contributed by atoms with Crippen molar-refractivity contribution < 1.29 is 9.53 Å². The number of amides is 1. The lowest BCUT2D eigenvalue weighted by Gasteiger charge is -2.45. The lowest BCUT2D eigenvalue weighted by Crippen LogP contribution is -2.58. The second kappa shape index (κ2) is 8.20. The second-order valence-corrected chi connectivity index (χ2v) is 8.81. The third-order valence-corrected chi connectivity index (χ3v) is 5.82. The third kappa shape index (κ3) is 4.25. The summed E-state index contributed by atoms with van der Waals surface area (Å²) in [4.78, 5) is 19.6. The average molecular weight is 407 g/mol. The maximum absolute atomic E-state index is 12.7. The van der Waals surface area contributed by atoms with Crippen molar-refractivity contribution in [2.24, 2.45) is 0 Å². The van der Waals surface area contributed by atoms with Crippen molar-refractivity contribution >= 4 is 16.9 Å². The molecule has 0 aliphatic carbocycles. The molecule has 6 nitrogen and oxygen atoms in total. The van der Waals surface area contributed by atoms with Gasteiger partial charge in [-0.2, -0.15) is 0 Å². The minimum Gasteiger partial charge on any atom is -0.373 e. The first-order valence-corrected chi connectivity index (χ1v) is 10.5. The Labute approximate surface area is 177 Å². The number of benzene rings is 2. The molecule has 2 heterocycles. The Balaban J connectivity index is 1.41. The van der Waals surface area contributed by atoms with Crippen LogP contribution in [0.3, 0.4) is 0 Å². The molecule has 3 aromatic rings. The topological polar surface area (TPSA) is 59.4 Å². The molecule has 4 rings (SSSR count). The molecule has 1 aliphatic heterocycles. The SMILES string of the molecule is C[C@H]1CN(C(C)(C)CNC(=O)c2ccc(-n3cnc4ccccc43)cc2)C[C@H](C)O1. The Bertz CT molecular complexity index is 1020. The van der Waals surface area contributed by atoms with Crippen molar-refractivity contribution in [2.75, 3.05) is 19.6 Å². The van der Waals surface area contributed by atoms with Crippen molar-refractivity contribution in [3.05, 3.63) is 60.4 Å². The van der Waals surface area contributed by atoms with Crippen molar-refractivity contribution in [2.45, 2.75) is 45.4 Å². The zero-order chi connectivity index (χ0) is 21.3. The van der Waals surface area contributed by atoms with Gasteiger partial charge >= 0.3 is 0 Å². The third-order valence-electron chi connectivity index (χ3n) is 5.82. The monoisotopic (exact) mass is 406 g/mol. The zero-order valence-corrected chi connectivity index (χ0v) is 18.1. The van der Waals surface area contributed by atoms with Crippen LogP contribution in [0.2, 0.25) is 0 Å². The lowest BCUT2D eigenvalue weighted by molar-refractivity contribution is -0.0948. The molecule has 158 valence electrons. The van der Waals surface area contributed by atoms with Crippen LogP contribution in [-0.2, 0) is 4.74 Å². The molecule has 1 N–H and O–H groups in total. The van der Waals surface area contributed by atoms with E-state index in [2.05, 4.69) is 42.9 Å². The molecular weight excluding hydrogens is 376 g/mol. The predicted octanol–water partition coefficient (Wildman–Crippen LogP) is 3.64. The molecule has 0 radical (unpaired) electrons.